The smallest absolute Gasteiger partial charge is 0.462 e. The van der Waals surface area contributed by atoms with Gasteiger partial charge in [-0.3, -0.25) is 37.3 Å². The standard InChI is InChI=1S/C85H166O17P2/c1-7-9-11-13-15-17-18-19-20-21-22-23-24-25-26-34-39-45-51-57-63-69-85(90)102-81(74-96-83(88)68-62-56-50-44-38-33-29-27-31-36-42-47-53-59-65-77(3)4)76-100-104(93,94)98-72-79(86)71-97-103(91,92)99-75-80(73-95-82(87)67-61-55-49-41-16-14-12-10-8-2)101-84(89)70-64-58-52-46-40-35-30-28-32-37-43-48-54-60-66-78(5)6/h77-81,86H,7-76H2,1-6H3,(H,91,92)(H,93,94)/t79-,80+,81+/m0/s1. The first-order valence-electron chi connectivity index (χ1n) is 44.0. The maximum Gasteiger partial charge on any atom is 0.472 e. The van der Waals surface area contributed by atoms with E-state index in [0.717, 1.165) is 102 Å². The summed E-state index contributed by atoms with van der Waals surface area (Å²) in [7, 11) is -9.92. The molecule has 618 valence electrons. The molecule has 0 spiro atoms. The molecule has 0 rings (SSSR count). The van der Waals surface area contributed by atoms with E-state index in [9.17, 15) is 43.2 Å². The minimum absolute atomic E-state index is 0.108. The van der Waals surface area contributed by atoms with Crippen LogP contribution in [0.25, 0.3) is 0 Å². The number of hydrogen-bond acceptors (Lipinski definition) is 15. The summed E-state index contributed by atoms with van der Waals surface area (Å²) in [5.74, 6) is -0.510. The molecule has 0 saturated heterocycles. The molecule has 3 N–H and O–H groups in total. The Morgan fingerprint density at radius 1 is 0.260 bits per heavy atom. The summed E-state index contributed by atoms with van der Waals surface area (Å²) >= 11 is 0. The van der Waals surface area contributed by atoms with E-state index in [2.05, 4.69) is 41.5 Å². The molecule has 104 heavy (non-hydrogen) atoms. The highest BCUT2D eigenvalue weighted by molar-refractivity contribution is 7.47. The van der Waals surface area contributed by atoms with E-state index < -0.39 is 97.5 Å². The molecule has 0 aromatic rings. The zero-order chi connectivity index (χ0) is 76.4. The molecule has 19 heteroatoms. The number of esters is 4. The molecule has 0 fully saturated rings. The van der Waals surface area contributed by atoms with Crippen molar-refractivity contribution in [1.29, 1.82) is 0 Å². The summed E-state index contributed by atoms with van der Waals surface area (Å²) in [6.45, 7) is 9.69. The third-order valence-corrected chi connectivity index (χ3v) is 21.9. The number of phosphoric ester groups is 2. The molecule has 0 bridgehead atoms. The lowest BCUT2D eigenvalue weighted by Crippen LogP contribution is -2.30. The van der Waals surface area contributed by atoms with Gasteiger partial charge < -0.3 is 33.8 Å². The fourth-order valence-corrected chi connectivity index (χ4v) is 14.8. The Labute approximate surface area is 638 Å². The van der Waals surface area contributed by atoms with Gasteiger partial charge in [0.15, 0.2) is 12.2 Å². The van der Waals surface area contributed by atoms with Crippen LogP contribution >= 0.6 is 15.6 Å². The van der Waals surface area contributed by atoms with Gasteiger partial charge in [-0.15, -0.1) is 0 Å². The lowest BCUT2D eigenvalue weighted by molar-refractivity contribution is -0.161. The minimum Gasteiger partial charge on any atom is -0.462 e. The molecule has 0 amide bonds. The van der Waals surface area contributed by atoms with Gasteiger partial charge in [-0.25, -0.2) is 9.13 Å². The highest BCUT2D eigenvalue weighted by Gasteiger charge is 2.30. The molecule has 0 aromatic heterocycles. The number of carbonyl (C=O) groups is 4. The van der Waals surface area contributed by atoms with E-state index in [1.165, 1.54) is 270 Å². The predicted molar refractivity (Wildman–Crippen MR) is 428 cm³/mol. The lowest BCUT2D eigenvalue weighted by Gasteiger charge is -2.21. The molecule has 2 unspecified atom stereocenters. The van der Waals surface area contributed by atoms with Gasteiger partial charge in [0.1, 0.15) is 19.3 Å². The van der Waals surface area contributed by atoms with E-state index in [0.29, 0.717) is 25.7 Å². The van der Waals surface area contributed by atoms with Crippen LogP contribution in [0, 0.1) is 11.8 Å². The van der Waals surface area contributed by atoms with Crippen molar-refractivity contribution in [3.63, 3.8) is 0 Å². The predicted octanol–water partition coefficient (Wildman–Crippen LogP) is 25.8. The second kappa shape index (κ2) is 76.4. The Morgan fingerprint density at radius 3 is 0.654 bits per heavy atom. The third-order valence-electron chi connectivity index (χ3n) is 20.0. The molecule has 0 aliphatic heterocycles. The van der Waals surface area contributed by atoms with Crippen LogP contribution in [-0.4, -0.2) is 96.7 Å². The van der Waals surface area contributed by atoms with Gasteiger partial charge in [0.05, 0.1) is 26.4 Å². The van der Waals surface area contributed by atoms with Crippen molar-refractivity contribution in [2.45, 2.75) is 471 Å². The second-order valence-corrected chi connectivity index (χ2v) is 34.4. The Hall–Kier alpha value is -1.94. The summed E-state index contributed by atoms with van der Waals surface area (Å²) in [5.41, 5.74) is 0. The molecule has 17 nitrogen and oxygen atoms in total. The van der Waals surface area contributed by atoms with Gasteiger partial charge in [-0.1, -0.05) is 401 Å². The van der Waals surface area contributed by atoms with Crippen LogP contribution in [0.2, 0.25) is 0 Å². The first kappa shape index (κ1) is 102. The zero-order valence-electron chi connectivity index (χ0n) is 68.3. The molecule has 0 radical (unpaired) electrons. The average Bonchev–Trinajstić information content (AvgIpc) is 0.922. The summed E-state index contributed by atoms with van der Waals surface area (Å²) in [6, 6.07) is 0. The van der Waals surface area contributed by atoms with Gasteiger partial charge in [-0.05, 0) is 37.5 Å². The normalized spacial score (nSPS) is 13.8. The van der Waals surface area contributed by atoms with Crippen molar-refractivity contribution in [3.05, 3.63) is 0 Å². The maximum absolute atomic E-state index is 13.1. The SMILES string of the molecule is CCCCCCCCCCCCCCCCCCCCCCCC(=O)O[C@H](COC(=O)CCCCCCCCCCCCCCCCC(C)C)COP(=O)(O)OC[C@@H](O)COP(=O)(O)OC[C@@H](COC(=O)CCCCCCCCCCC)OC(=O)CCCCCCCCCCCCCCCCC(C)C. The second-order valence-electron chi connectivity index (χ2n) is 31.5. The Morgan fingerprint density at radius 2 is 0.442 bits per heavy atom. The van der Waals surface area contributed by atoms with Crippen LogP contribution in [0.5, 0.6) is 0 Å². The fraction of sp³-hybridized carbons (Fsp3) is 0.953. The monoisotopic (exact) mass is 1520 g/mol. The largest absolute Gasteiger partial charge is 0.472 e. The molecule has 0 saturated carbocycles. The number of phosphoric acid groups is 2. The minimum atomic E-state index is -4.96. The highest BCUT2D eigenvalue weighted by atomic mass is 31.2. The van der Waals surface area contributed by atoms with Crippen molar-refractivity contribution in [3.8, 4) is 0 Å². The third kappa shape index (κ3) is 78.2. The van der Waals surface area contributed by atoms with Crippen LogP contribution in [0.4, 0.5) is 0 Å². The summed E-state index contributed by atoms with van der Waals surface area (Å²) < 4.78 is 68.8. The van der Waals surface area contributed by atoms with E-state index in [-0.39, 0.29) is 25.7 Å². The average molecular weight is 1520 g/mol. The van der Waals surface area contributed by atoms with Crippen molar-refractivity contribution in [1.82, 2.24) is 0 Å². The fourth-order valence-electron chi connectivity index (χ4n) is 13.2. The summed E-state index contributed by atoms with van der Waals surface area (Å²) in [5, 5.41) is 10.7. The van der Waals surface area contributed by atoms with Crippen LogP contribution in [0.3, 0.4) is 0 Å². The van der Waals surface area contributed by atoms with E-state index in [4.69, 9.17) is 37.0 Å². The number of aliphatic hydroxyl groups is 1. The first-order valence-corrected chi connectivity index (χ1v) is 47.0. The van der Waals surface area contributed by atoms with Crippen molar-refractivity contribution in [2.75, 3.05) is 39.6 Å². The first-order chi connectivity index (χ1) is 50.4. The van der Waals surface area contributed by atoms with E-state index in [1.807, 2.05) is 0 Å². The van der Waals surface area contributed by atoms with Crippen LogP contribution in [0.15, 0.2) is 0 Å². The van der Waals surface area contributed by atoms with Gasteiger partial charge in [-0.2, -0.15) is 0 Å². The van der Waals surface area contributed by atoms with Crippen molar-refractivity contribution in [2.24, 2.45) is 11.8 Å². The van der Waals surface area contributed by atoms with Gasteiger partial charge in [0, 0.05) is 25.7 Å². The Bertz CT molecular complexity index is 1990. The topological polar surface area (TPSA) is 237 Å². The quantitative estimate of drug-likeness (QED) is 0.0222. The number of ether oxygens (including phenoxy) is 4. The van der Waals surface area contributed by atoms with E-state index >= 15 is 0 Å². The van der Waals surface area contributed by atoms with E-state index in [1.54, 1.807) is 0 Å². The number of hydrogen-bond donors (Lipinski definition) is 3. The molecule has 5 atom stereocenters. The number of carbonyl (C=O) groups excluding carboxylic acids is 4. The van der Waals surface area contributed by atoms with Crippen molar-refractivity contribution < 1.29 is 80.2 Å². The van der Waals surface area contributed by atoms with Crippen LogP contribution < -0.4 is 0 Å². The molecule has 0 aromatic carbocycles. The molecule has 0 aliphatic rings. The number of rotatable bonds is 84. The Kier molecular flexibility index (Phi) is 75.0. The highest BCUT2D eigenvalue weighted by Crippen LogP contribution is 2.45. The van der Waals surface area contributed by atoms with Gasteiger partial charge in [0.2, 0.25) is 0 Å². The number of unbranched alkanes of at least 4 members (excludes halogenated alkanes) is 54. The molecular weight excluding hydrogens is 1350 g/mol. The van der Waals surface area contributed by atoms with Gasteiger partial charge in [0.25, 0.3) is 0 Å². The Balaban J connectivity index is 5.21. The van der Waals surface area contributed by atoms with Crippen LogP contribution in [-0.2, 0) is 65.4 Å². The van der Waals surface area contributed by atoms with Crippen molar-refractivity contribution >= 4 is 39.5 Å². The molecule has 0 aliphatic carbocycles. The van der Waals surface area contributed by atoms with Crippen LogP contribution in [0.1, 0.15) is 452 Å². The number of aliphatic hydroxyl groups excluding tert-OH is 1. The molecular formula is C85H166O17P2. The maximum atomic E-state index is 13.1. The summed E-state index contributed by atoms with van der Waals surface area (Å²) in [4.78, 5) is 73.1. The zero-order valence-corrected chi connectivity index (χ0v) is 70.1. The lowest BCUT2D eigenvalue weighted by atomic mass is 10.0. The molecule has 0 heterocycles. The summed E-state index contributed by atoms with van der Waals surface area (Å²) in [6.07, 6.45) is 68.1. The van der Waals surface area contributed by atoms with Gasteiger partial charge >= 0.3 is 39.5 Å².